The highest BCUT2D eigenvalue weighted by atomic mass is 35.5. The summed E-state index contributed by atoms with van der Waals surface area (Å²) in [4.78, 5) is 44.6. The van der Waals surface area contributed by atoms with Gasteiger partial charge in [-0.05, 0) is 54.4 Å². The number of rotatable bonds is 4. The lowest BCUT2D eigenvalue weighted by Gasteiger charge is -2.50. The maximum Gasteiger partial charge on any atom is 0.262 e. The normalized spacial score (nSPS) is 19.6. The number of fused-ring (bicyclic) bond motifs is 1. The summed E-state index contributed by atoms with van der Waals surface area (Å²) in [6.07, 6.45) is 0. The Balaban J connectivity index is 1.60. The summed E-state index contributed by atoms with van der Waals surface area (Å²) in [5.41, 5.74) is 4.04. The molecule has 0 aromatic heterocycles. The molecule has 2 heterocycles. The maximum absolute atomic E-state index is 13.5. The third-order valence-corrected chi connectivity index (χ3v) is 6.59. The third kappa shape index (κ3) is 3.21. The van der Waals surface area contributed by atoms with Gasteiger partial charge in [0.05, 0.1) is 17.2 Å². The Bertz CT molecular complexity index is 1270. The molecule has 1 saturated heterocycles. The highest BCUT2D eigenvalue weighted by Gasteiger charge is 2.57. The van der Waals surface area contributed by atoms with E-state index in [-0.39, 0.29) is 5.91 Å². The third-order valence-electron chi connectivity index (χ3n) is 6.35. The molecule has 0 radical (unpaired) electrons. The van der Waals surface area contributed by atoms with E-state index in [4.69, 9.17) is 11.6 Å². The molecule has 166 valence electrons. The van der Waals surface area contributed by atoms with Gasteiger partial charge in [-0.1, -0.05) is 41.9 Å². The molecule has 2 unspecified atom stereocenters. The molecule has 0 saturated carbocycles. The molecule has 7 heteroatoms. The highest BCUT2D eigenvalue weighted by molar-refractivity contribution is 6.31. The summed E-state index contributed by atoms with van der Waals surface area (Å²) in [6, 6.07) is 18.4. The van der Waals surface area contributed by atoms with Gasteiger partial charge in [0.15, 0.2) is 0 Å². The van der Waals surface area contributed by atoms with Crippen LogP contribution in [0.3, 0.4) is 0 Å². The van der Waals surface area contributed by atoms with Crippen molar-refractivity contribution in [2.75, 3.05) is 23.9 Å². The second kappa shape index (κ2) is 7.74. The van der Waals surface area contributed by atoms with Crippen molar-refractivity contribution >= 4 is 40.7 Å². The summed E-state index contributed by atoms with van der Waals surface area (Å²) >= 11 is 6.25. The van der Waals surface area contributed by atoms with Gasteiger partial charge in [0, 0.05) is 30.5 Å². The number of amides is 3. The zero-order valence-corrected chi connectivity index (χ0v) is 19.2. The van der Waals surface area contributed by atoms with E-state index in [0.717, 1.165) is 21.7 Å². The summed E-state index contributed by atoms with van der Waals surface area (Å²) in [7, 11) is 3.90. The maximum atomic E-state index is 13.5. The number of carbonyl (C=O) groups is 3. The van der Waals surface area contributed by atoms with Crippen LogP contribution in [-0.4, -0.2) is 42.8 Å². The first-order valence-electron chi connectivity index (χ1n) is 10.6. The van der Waals surface area contributed by atoms with E-state index < -0.39 is 23.9 Å². The van der Waals surface area contributed by atoms with Crippen LogP contribution in [0.15, 0.2) is 66.7 Å². The van der Waals surface area contributed by atoms with Gasteiger partial charge >= 0.3 is 0 Å². The van der Waals surface area contributed by atoms with Crippen LogP contribution in [0.4, 0.5) is 11.4 Å². The van der Waals surface area contributed by atoms with Gasteiger partial charge in [0.1, 0.15) is 6.04 Å². The summed E-state index contributed by atoms with van der Waals surface area (Å²) in [5, 5.41) is 0.509. The Morgan fingerprint density at radius 1 is 0.788 bits per heavy atom. The molecular formula is C26H22ClN3O3. The van der Waals surface area contributed by atoms with Crippen molar-refractivity contribution in [2.24, 2.45) is 0 Å². The first-order chi connectivity index (χ1) is 15.8. The van der Waals surface area contributed by atoms with E-state index in [1.807, 2.05) is 56.3 Å². The van der Waals surface area contributed by atoms with Gasteiger partial charge in [-0.3, -0.25) is 19.3 Å². The fourth-order valence-electron chi connectivity index (χ4n) is 4.60. The van der Waals surface area contributed by atoms with Crippen LogP contribution < -0.4 is 9.80 Å². The quantitative estimate of drug-likeness (QED) is 0.426. The number of nitrogens with zero attached hydrogens (tertiary/aromatic N) is 3. The van der Waals surface area contributed by atoms with E-state index in [2.05, 4.69) is 0 Å². The topological polar surface area (TPSA) is 60.9 Å². The Hall–Kier alpha value is -3.64. The summed E-state index contributed by atoms with van der Waals surface area (Å²) < 4.78 is 0. The average molecular weight is 460 g/mol. The van der Waals surface area contributed by atoms with Crippen LogP contribution in [0.1, 0.15) is 37.9 Å². The number of anilines is 2. The number of carbonyl (C=O) groups excluding carboxylic acids is 3. The highest BCUT2D eigenvalue weighted by Crippen LogP contribution is 2.45. The molecule has 2 aliphatic rings. The first kappa shape index (κ1) is 21.2. The van der Waals surface area contributed by atoms with Crippen LogP contribution in [0, 0.1) is 6.92 Å². The van der Waals surface area contributed by atoms with E-state index >= 15 is 0 Å². The monoisotopic (exact) mass is 459 g/mol. The lowest BCUT2D eigenvalue weighted by atomic mass is 9.85. The molecule has 0 spiro atoms. The molecule has 1 fully saturated rings. The standard InChI is InChI=1S/C26H22ClN3O3/c1-15-8-11-17(27)14-21(15)29-22(16-9-12-18(13-10-16)28(2)3)23(26(29)33)30-24(31)19-6-4-5-7-20(19)25(30)32/h4-14,22-23H,1-3H3. The van der Waals surface area contributed by atoms with E-state index in [1.54, 1.807) is 41.3 Å². The predicted molar refractivity (Wildman–Crippen MR) is 128 cm³/mol. The van der Waals surface area contributed by atoms with Crippen molar-refractivity contribution < 1.29 is 14.4 Å². The van der Waals surface area contributed by atoms with Crippen molar-refractivity contribution in [3.05, 3.63) is 94.0 Å². The molecule has 33 heavy (non-hydrogen) atoms. The average Bonchev–Trinajstić information content (AvgIpc) is 3.05. The number of halogens is 1. The minimum Gasteiger partial charge on any atom is -0.378 e. The number of hydrogen-bond donors (Lipinski definition) is 0. The fourth-order valence-corrected chi connectivity index (χ4v) is 4.76. The molecular weight excluding hydrogens is 438 g/mol. The van der Waals surface area contributed by atoms with Crippen molar-refractivity contribution in [3.63, 3.8) is 0 Å². The molecule has 0 N–H and O–H groups in total. The molecule has 5 rings (SSSR count). The molecule has 3 aromatic carbocycles. The SMILES string of the molecule is Cc1ccc(Cl)cc1N1C(=O)C(N2C(=O)c3ccccc3C2=O)C1c1ccc(N(C)C)cc1. The van der Waals surface area contributed by atoms with Gasteiger partial charge in [-0.2, -0.15) is 0 Å². The van der Waals surface area contributed by atoms with Crippen LogP contribution in [0.5, 0.6) is 0 Å². The molecule has 0 aliphatic carbocycles. The largest absolute Gasteiger partial charge is 0.378 e. The number of imide groups is 1. The minimum atomic E-state index is -0.930. The predicted octanol–water partition coefficient (Wildman–Crippen LogP) is 4.47. The van der Waals surface area contributed by atoms with Crippen molar-refractivity contribution in [3.8, 4) is 0 Å². The second-order valence-corrected chi connectivity index (χ2v) is 8.98. The molecule has 2 aliphatic heterocycles. The van der Waals surface area contributed by atoms with Gasteiger partial charge in [0.25, 0.3) is 17.7 Å². The van der Waals surface area contributed by atoms with E-state index in [0.29, 0.717) is 21.8 Å². The van der Waals surface area contributed by atoms with Crippen LogP contribution in [0.2, 0.25) is 5.02 Å². The molecule has 6 nitrogen and oxygen atoms in total. The van der Waals surface area contributed by atoms with Crippen molar-refractivity contribution in [1.29, 1.82) is 0 Å². The molecule has 3 amide bonds. The lowest BCUT2D eigenvalue weighted by molar-refractivity contribution is -0.130. The molecule has 3 aromatic rings. The van der Waals surface area contributed by atoms with Crippen LogP contribution in [-0.2, 0) is 4.79 Å². The lowest BCUT2D eigenvalue weighted by Crippen LogP contribution is -2.67. The summed E-state index contributed by atoms with van der Waals surface area (Å²) in [6.45, 7) is 1.90. The van der Waals surface area contributed by atoms with Crippen LogP contribution in [0.25, 0.3) is 0 Å². The van der Waals surface area contributed by atoms with Crippen molar-refractivity contribution in [2.45, 2.75) is 19.0 Å². The second-order valence-electron chi connectivity index (χ2n) is 8.54. The summed E-state index contributed by atoms with van der Waals surface area (Å²) in [5.74, 6) is -1.19. The smallest absolute Gasteiger partial charge is 0.262 e. The van der Waals surface area contributed by atoms with Gasteiger partial charge in [-0.25, -0.2) is 0 Å². The number of hydrogen-bond acceptors (Lipinski definition) is 4. The van der Waals surface area contributed by atoms with E-state index in [1.165, 1.54) is 0 Å². The Morgan fingerprint density at radius 2 is 1.39 bits per heavy atom. The zero-order chi connectivity index (χ0) is 23.4. The molecule has 2 atom stereocenters. The zero-order valence-electron chi connectivity index (χ0n) is 18.4. The van der Waals surface area contributed by atoms with Gasteiger partial charge in [0.2, 0.25) is 0 Å². The van der Waals surface area contributed by atoms with Crippen LogP contribution >= 0.6 is 11.6 Å². The fraction of sp³-hybridized carbons (Fsp3) is 0.192. The van der Waals surface area contributed by atoms with Crippen molar-refractivity contribution in [1.82, 2.24) is 4.90 Å². The Kier molecular flexibility index (Phi) is 4.98. The van der Waals surface area contributed by atoms with Gasteiger partial charge in [-0.15, -0.1) is 0 Å². The first-order valence-corrected chi connectivity index (χ1v) is 11.0. The minimum absolute atomic E-state index is 0.309. The van der Waals surface area contributed by atoms with E-state index in [9.17, 15) is 14.4 Å². The Morgan fingerprint density at radius 3 is 1.97 bits per heavy atom. The molecule has 0 bridgehead atoms. The number of aryl methyl sites for hydroxylation is 1. The number of β-lactam (4-membered cyclic amide) rings is 1. The number of benzene rings is 3. The van der Waals surface area contributed by atoms with Gasteiger partial charge < -0.3 is 9.80 Å². The Labute approximate surface area is 197 Å².